The molecular formula is C15H24N2O3S. The molecule has 1 aliphatic rings. The van der Waals surface area contributed by atoms with Crippen LogP contribution in [0.5, 0.6) is 5.75 Å². The average Bonchev–Trinajstić information content (AvgIpc) is 2.76. The number of hydrogen-bond acceptors (Lipinski definition) is 4. The molecule has 1 atom stereocenters. The third-order valence-electron chi connectivity index (χ3n) is 3.87. The van der Waals surface area contributed by atoms with Crippen LogP contribution in [0.25, 0.3) is 0 Å². The Morgan fingerprint density at radius 3 is 2.62 bits per heavy atom. The Hall–Kier alpha value is -1.11. The molecular weight excluding hydrogens is 288 g/mol. The van der Waals surface area contributed by atoms with Gasteiger partial charge in [0.15, 0.2) is 0 Å². The Bertz CT molecular complexity index is 535. The summed E-state index contributed by atoms with van der Waals surface area (Å²) >= 11 is 0. The summed E-state index contributed by atoms with van der Waals surface area (Å²) in [6, 6.07) is 6.71. The van der Waals surface area contributed by atoms with Crippen molar-refractivity contribution in [1.29, 1.82) is 0 Å². The molecule has 1 aromatic rings. The maximum atomic E-state index is 12.7. The molecule has 1 aliphatic heterocycles. The van der Waals surface area contributed by atoms with E-state index < -0.39 is 10.0 Å². The smallest absolute Gasteiger partial charge is 0.243 e. The zero-order valence-corrected chi connectivity index (χ0v) is 13.5. The summed E-state index contributed by atoms with van der Waals surface area (Å²) in [4.78, 5) is 0.325. The average molecular weight is 312 g/mol. The highest BCUT2D eigenvalue weighted by molar-refractivity contribution is 7.89. The van der Waals surface area contributed by atoms with E-state index in [0.29, 0.717) is 17.3 Å². The van der Waals surface area contributed by atoms with Gasteiger partial charge in [0.05, 0.1) is 11.5 Å². The van der Waals surface area contributed by atoms with E-state index in [9.17, 15) is 8.42 Å². The van der Waals surface area contributed by atoms with Crippen molar-refractivity contribution in [3.8, 4) is 5.75 Å². The van der Waals surface area contributed by atoms with Crippen LogP contribution in [0.1, 0.15) is 26.2 Å². The van der Waals surface area contributed by atoms with Crippen LogP contribution in [0.4, 0.5) is 0 Å². The molecule has 21 heavy (non-hydrogen) atoms. The first-order valence-electron chi connectivity index (χ1n) is 7.47. The van der Waals surface area contributed by atoms with Crippen LogP contribution >= 0.6 is 0 Å². The van der Waals surface area contributed by atoms with E-state index in [0.717, 1.165) is 32.4 Å². The number of hydrogen-bond donors (Lipinski definition) is 1. The largest absolute Gasteiger partial charge is 0.494 e. The van der Waals surface area contributed by atoms with Crippen molar-refractivity contribution in [1.82, 2.24) is 9.62 Å². The van der Waals surface area contributed by atoms with Gasteiger partial charge in [-0.2, -0.15) is 4.31 Å². The first-order chi connectivity index (χ1) is 10.1. The van der Waals surface area contributed by atoms with Gasteiger partial charge in [0, 0.05) is 13.1 Å². The number of sulfonamides is 1. The monoisotopic (exact) mass is 312 g/mol. The zero-order valence-electron chi connectivity index (χ0n) is 12.7. The molecule has 0 aliphatic carbocycles. The molecule has 0 saturated carbocycles. The Morgan fingerprint density at radius 2 is 1.95 bits per heavy atom. The fraction of sp³-hybridized carbons (Fsp3) is 0.600. The van der Waals surface area contributed by atoms with Gasteiger partial charge in [-0.25, -0.2) is 8.42 Å². The van der Waals surface area contributed by atoms with Gasteiger partial charge in [-0.3, -0.25) is 0 Å². The molecule has 0 aromatic heterocycles. The van der Waals surface area contributed by atoms with Crippen molar-refractivity contribution in [2.45, 2.75) is 37.1 Å². The van der Waals surface area contributed by atoms with Gasteiger partial charge in [0.25, 0.3) is 0 Å². The fourth-order valence-electron chi connectivity index (χ4n) is 2.60. The lowest BCUT2D eigenvalue weighted by molar-refractivity contribution is 0.338. The summed E-state index contributed by atoms with van der Waals surface area (Å²) in [7, 11) is -1.75. The minimum absolute atomic E-state index is 0.0663. The Morgan fingerprint density at radius 1 is 1.24 bits per heavy atom. The quantitative estimate of drug-likeness (QED) is 0.901. The molecule has 118 valence electrons. The van der Waals surface area contributed by atoms with Crippen molar-refractivity contribution >= 4 is 10.0 Å². The van der Waals surface area contributed by atoms with E-state index >= 15 is 0 Å². The first kappa shape index (κ1) is 16.3. The zero-order chi connectivity index (χ0) is 15.3. The number of rotatable bonds is 5. The fourth-order valence-corrected chi connectivity index (χ4v) is 4.02. The van der Waals surface area contributed by atoms with Crippen LogP contribution in [-0.4, -0.2) is 45.5 Å². The van der Waals surface area contributed by atoms with Crippen molar-refractivity contribution in [3.63, 3.8) is 0 Å². The summed E-state index contributed by atoms with van der Waals surface area (Å²) in [5.41, 5.74) is 0. The molecule has 1 fully saturated rings. The Balaban J connectivity index is 2.15. The minimum Gasteiger partial charge on any atom is -0.494 e. The molecule has 1 unspecified atom stereocenters. The van der Waals surface area contributed by atoms with E-state index in [1.807, 2.05) is 6.92 Å². The molecule has 1 aromatic carbocycles. The lowest BCUT2D eigenvalue weighted by Gasteiger charge is -2.26. The Labute approximate surface area is 127 Å². The third-order valence-corrected chi connectivity index (χ3v) is 5.80. The predicted molar refractivity (Wildman–Crippen MR) is 83.1 cm³/mol. The van der Waals surface area contributed by atoms with E-state index in [1.54, 1.807) is 31.3 Å². The van der Waals surface area contributed by atoms with Crippen LogP contribution in [0.3, 0.4) is 0 Å². The topological polar surface area (TPSA) is 58.6 Å². The first-order valence-corrected chi connectivity index (χ1v) is 8.91. The second-order valence-corrected chi connectivity index (χ2v) is 7.26. The van der Waals surface area contributed by atoms with Gasteiger partial charge in [-0.1, -0.05) is 0 Å². The third kappa shape index (κ3) is 3.96. The lowest BCUT2D eigenvalue weighted by Crippen LogP contribution is -2.37. The molecule has 1 saturated heterocycles. The van der Waals surface area contributed by atoms with Crippen LogP contribution in [0.15, 0.2) is 29.2 Å². The number of nitrogens with zero attached hydrogens (tertiary/aromatic N) is 1. The normalized spacial score (nSPS) is 20.2. The highest BCUT2D eigenvalue weighted by Gasteiger charge is 2.28. The van der Waals surface area contributed by atoms with Crippen molar-refractivity contribution in [2.75, 3.05) is 26.7 Å². The molecule has 0 spiro atoms. The molecule has 1 heterocycles. The van der Waals surface area contributed by atoms with Crippen molar-refractivity contribution < 1.29 is 13.2 Å². The lowest BCUT2D eigenvalue weighted by atomic mass is 10.1. The summed E-state index contributed by atoms with van der Waals surface area (Å²) < 4.78 is 32.2. The standard InChI is InChI=1S/C15H24N2O3S/c1-3-20-14-6-8-15(9-7-14)21(18,19)17(2)13-5-4-11-16-12-10-13/h6-9,13,16H,3-5,10-12H2,1-2H3. The maximum absolute atomic E-state index is 12.7. The van der Waals surface area contributed by atoms with Gasteiger partial charge in [-0.15, -0.1) is 0 Å². The number of benzene rings is 1. The molecule has 5 nitrogen and oxygen atoms in total. The van der Waals surface area contributed by atoms with Crippen LogP contribution in [0, 0.1) is 0 Å². The molecule has 0 radical (unpaired) electrons. The van der Waals surface area contributed by atoms with Crippen molar-refractivity contribution in [2.24, 2.45) is 0 Å². The van der Waals surface area contributed by atoms with Crippen LogP contribution in [-0.2, 0) is 10.0 Å². The van der Waals surface area contributed by atoms with E-state index in [1.165, 1.54) is 4.31 Å². The van der Waals surface area contributed by atoms with Crippen LogP contribution in [0.2, 0.25) is 0 Å². The summed E-state index contributed by atoms with van der Waals surface area (Å²) in [5.74, 6) is 0.692. The number of ether oxygens (including phenoxy) is 1. The molecule has 0 bridgehead atoms. The summed E-state index contributed by atoms with van der Waals surface area (Å²) in [5, 5.41) is 3.31. The van der Waals surface area contributed by atoms with E-state index in [2.05, 4.69) is 5.32 Å². The maximum Gasteiger partial charge on any atom is 0.243 e. The van der Waals surface area contributed by atoms with Gasteiger partial charge in [0.1, 0.15) is 5.75 Å². The van der Waals surface area contributed by atoms with Gasteiger partial charge >= 0.3 is 0 Å². The molecule has 2 rings (SSSR count). The minimum atomic E-state index is -3.44. The predicted octanol–water partition coefficient (Wildman–Crippen LogP) is 1.85. The highest BCUT2D eigenvalue weighted by atomic mass is 32.2. The van der Waals surface area contributed by atoms with E-state index in [-0.39, 0.29) is 6.04 Å². The summed E-state index contributed by atoms with van der Waals surface area (Å²) in [6.07, 6.45) is 2.76. The number of nitrogens with one attached hydrogen (secondary N) is 1. The molecule has 1 N–H and O–H groups in total. The van der Waals surface area contributed by atoms with Gasteiger partial charge < -0.3 is 10.1 Å². The van der Waals surface area contributed by atoms with Gasteiger partial charge in [0.2, 0.25) is 10.0 Å². The second kappa shape index (κ2) is 7.24. The SMILES string of the molecule is CCOc1ccc(S(=O)(=O)N(C)C2CCCNCC2)cc1. The molecule has 0 amide bonds. The van der Waals surface area contributed by atoms with Crippen molar-refractivity contribution in [3.05, 3.63) is 24.3 Å². The highest BCUT2D eigenvalue weighted by Crippen LogP contribution is 2.23. The van der Waals surface area contributed by atoms with Crippen LogP contribution < -0.4 is 10.1 Å². The van der Waals surface area contributed by atoms with E-state index in [4.69, 9.17) is 4.74 Å². The van der Waals surface area contributed by atoms with Gasteiger partial charge in [-0.05, 0) is 63.5 Å². The summed E-state index contributed by atoms with van der Waals surface area (Å²) in [6.45, 7) is 4.31. The Kier molecular flexibility index (Phi) is 5.61. The second-order valence-electron chi connectivity index (χ2n) is 5.26. The molecule has 6 heteroatoms.